The van der Waals surface area contributed by atoms with Crippen molar-refractivity contribution in [1.82, 2.24) is 0 Å². The number of nitrogens with two attached hydrogens (primary N) is 1. The van der Waals surface area contributed by atoms with Crippen LogP contribution in [0.3, 0.4) is 0 Å². The lowest BCUT2D eigenvalue weighted by molar-refractivity contribution is 0.407. The van der Waals surface area contributed by atoms with E-state index in [1.54, 1.807) is 24.3 Å². The first kappa shape index (κ1) is 12.5. The van der Waals surface area contributed by atoms with Gasteiger partial charge in [0.15, 0.2) is 0 Å². The molecule has 2 nitrogen and oxygen atoms in total. The van der Waals surface area contributed by atoms with Gasteiger partial charge >= 0.3 is 0 Å². The Labute approximate surface area is 104 Å². The van der Waals surface area contributed by atoms with Crippen LogP contribution in [0.4, 0.5) is 8.78 Å². The monoisotopic (exact) mass is 249 g/mol. The van der Waals surface area contributed by atoms with Crippen molar-refractivity contribution in [2.24, 2.45) is 5.73 Å². The molecule has 0 radical (unpaired) electrons. The molecule has 0 spiro atoms. The number of benzene rings is 2. The Morgan fingerprint density at radius 1 is 1.06 bits per heavy atom. The zero-order valence-corrected chi connectivity index (χ0v) is 9.91. The van der Waals surface area contributed by atoms with Crippen LogP contribution in [0.15, 0.2) is 36.4 Å². The zero-order valence-electron chi connectivity index (χ0n) is 9.91. The first-order chi connectivity index (χ1) is 8.65. The summed E-state index contributed by atoms with van der Waals surface area (Å²) >= 11 is 0. The fourth-order valence-electron chi connectivity index (χ4n) is 1.75. The molecule has 0 bridgehead atoms. The highest BCUT2D eigenvalue weighted by Crippen LogP contribution is 2.29. The molecule has 2 aromatic carbocycles. The van der Waals surface area contributed by atoms with Crippen molar-refractivity contribution < 1.29 is 13.5 Å². The molecule has 94 valence electrons. The molecule has 0 saturated carbocycles. The van der Waals surface area contributed by atoms with Crippen molar-refractivity contribution in [2.75, 3.05) is 7.11 Å². The number of hydrogen-bond acceptors (Lipinski definition) is 2. The van der Waals surface area contributed by atoms with Crippen LogP contribution in [0.1, 0.15) is 5.56 Å². The summed E-state index contributed by atoms with van der Waals surface area (Å²) in [4.78, 5) is 0. The zero-order chi connectivity index (χ0) is 13.1. The highest BCUT2D eigenvalue weighted by Gasteiger charge is 2.13. The number of methoxy groups -OCH3 is 1. The molecule has 0 aliphatic heterocycles. The highest BCUT2D eigenvalue weighted by atomic mass is 19.1. The third-order valence-corrected chi connectivity index (χ3v) is 2.73. The molecular weight excluding hydrogens is 236 g/mol. The molecule has 0 amide bonds. The van der Waals surface area contributed by atoms with E-state index in [4.69, 9.17) is 10.5 Å². The minimum absolute atomic E-state index is 0.0561. The normalized spacial score (nSPS) is 10.4. The van der Waals surface area contributed by atoms with Crippen LogP contribution in [0, 0.1) is 11.6 Å². The summed E-state index contributed by atoms with van der Waals surface area (Å²) in [6, 6.07) is 9.12. The third-order valence-electron chi connectivity index (χ3n) is 2.73. The maximum absolute atomic E-state index is 13.8. The van der Waals surface area contributed by atoms with E-state index in [9.17, 15) is 8.78 Å². The van der Waals surface area contributed by atoms with Gasteiger partial charge in [0.25, 0.3) is 0 Å². The van der Waals surface area contributed by atoms with E-state index in [0.29, 0.717) is 12.1 Å². The second kappa shape index (κ2) is 5.14. The van der Waals surface area contributed by atoms with Gasteiger partial charge in [-0.3, -0.25) is 0 Å². The van der Waals surface area contributed by atoms with Crippen molar-refractivity contribution in [3.63, 3.8) is 0 Å². The Morgan fingerprint density at radius 3 is 2.06 bits per heavy atom. The van der Waals surface area contributed by atoms with Crippen LogP contribution in [-0.2, 0) is 6.54 Å². The highest BCUT2D eigenvalue weighted by molar-refractivity contribution is 5.66. The van der Waals surface area contributed by atoms with Gasteiger partial charge in [-0.25, -0.2) is 8.78 Å². The van der Waals surface area contributed by atoms with Gasteiger partial charge in [0.1, 0.15) is 17.4 Å². The van der Waals surface area contributed by atoms with Crippen LogP contribution < -0.4 is 10.5 Å². The van der Waals surface area contributed by atoms with Gasteiger partial charge < -0.3 is 10.5 Å². The SMILES string of the molecule is COc1cc(F)c(-c2ccc(CN)cc2)c(F)c1. The summed E-state index contributed by atoms with van der Waals surface area (Å²) < 4.78 is 32.4. The molecule has 4 heteroatoms. The van der Waals surface area contributed by atoms with Crippen LogP contribution in [0.2, 0.25) is 0 Å². The van der Waals surface area contributed by atoms with E-state index in [-0.39, 0.29) is 11.3 Å². The largest absolute Gasteiger partial charge is 0.497 e. The average molecular weight is 249 g/mol. The molecule has 0 aliphatic rings. The number of hydrogen-bond donors (Lipinski definition) is 1. The maximum atomic E-state index is 13.8. The first-order valence-electron chi connectivity index (χ1n) is 5.48. The standard InChI is InChI=1S/C14H13F2NO/c1-18-11-6-12(15)14(13(16)7-11)10-4-2-9(8-17)3-5-10/h2-7H,8,17H2,1H3. The van der Waals surface area contributed by atoms with Crippen molar-refractivity contribution in [2.45, 2.75) is 6.54 Å². The summed E-state index contributed by atoms with van der Waals surface area (Å²) in [5.41, 5.74) is 6.80. The molecule has 0 saturated heterocycles. The van der Waals surface area contributed by atoms with Crippen molar-refractivity contribution in [3.8, 4) is 16.9 Å². The average Bonchev–Trinajstić information content (AvgIpc) is 2.38. The Morgan fingerprint density at radius 2 is 1.61 bits per heavy atom. The van der Waals surface area contributed by atoms with Gasteiger partial charge in [-0.15, -0.1) is 0 Å². The van der Waals surface area contributed by atoms with Crippen molar-refractivity contribution in [1.29, 1.82) is 0 Å². The van der Waals surface area contributed by atoms with Gasteiger partial charge in [-0.2, -0.15) is 0 Å². The van der Waals surface area contributed by atoms with Crippen LogP contribution in [0.5, 0.6) is 5.75 Å². The summed E-state index contributed by atoms with van der Waals surface area (Å²) in [5.74, 6) is -1.13. The third kappa shape index (κ3) is 2.33. The fourth-order valence-corrected chi connectivity index (χ4v) is 1.75. The van der Waals surface area contributed by atoms with Crippen molar-refractivity contribution >= 4 is 0 Å². The van der Waals surface area contributed by atoms with Crippen LogP contribution >= 0.6 is 0 Å². The first-order valence-corrected chi connectivity index (χ1v) is 5.48. The second-order valence-electron chi connectivity index (χ2n) is 3.87. The molecule has 0 aliphatic carbocycles. The lowest BCUT2D eigenvalue weighted by Crippen LogP contribution is -1.96. The predicted octanol–water partition coefficient (Wildman–Crippen LogP) is 3.10. The van der Waals surface area contributed by atoms with E-state index in [0.717, 1.165) is 17.7 Å². The van der Waals surface area contributed by atoms with E-state index in [1.807, 2.05) is 0 Å². The van der Waals surface area contributed by atoms with Gasteiger partial charge in [0.05, 0.1) is 12.7 Å². The van der Waals surface area contributed by atoms with Gasteiger partial charge in [-0.05, 0) is 11.1 Å². The Balaban J connectivity index is 2.49. The topological polar surface area (TPSA) is 35.2 Å². The smallest absolute Gasteiger partial charge is 0.137 e. The molecule has 0 aromatic heterocycles. The fraction of sp³-hybridized carbons (Fsp3) is 0.143. The van der Waals surface area contributed by atoms with Gasteiger partial charge in [0.2, 0.25) is 0 Å². The molecule has 2 rings (SSSR count). The predicted molar refractivity (Wildman–Crippen MR) is 66.2 cm³/mol. The summed E-state index contributed by atoms with van der Waals surface area (Å²) in [5, 5.41) is 0. The molecule has 18 heavy (non-hydrogen) atoms. The molecule has 0 fully saturated rings. The lowest BCUT2D eigenvalue weighted by Gasteiger charge is -2.08. The number of rotatable bonds is 3. The van der Waals surface area contributed by atoms with E-state index < -0.39 is 11.6 Å². The molecular formula is C14H13F2NO. The molecule has 2 N–H and O–H groups in total. The maximum Gasteiger partial charge on any atom is 0.137 e. The van der Waals surface area contributed by atoms with E-state index in [1.165, 1.54) is 7.11 Å². The Hall–Kier alpha value is -1.94. The van der Waals surface area contributed by atoms with Crippen LogP contribution in [-0.4, -0.2) is 7.11 Å². The molecule has 2 aromatic rings. The molecule has 0 heterocycles. The second-order valence-corrected chi connectivity index (χ2v) is 3.87. The van der Waals surface area contributed by atoms with Crippen LogP contribution in [0.25, 0.3) is 11.1 Å². The van der Waals surface area contributed by atoms with E-state index in [2.05, 4.69) is 0 Å². The van der Waals surface area contributed by atoms with Gasteiger partial charge in [-0.1, -0.05) is 24.3 Å². The van der Waals surface area contributed by atoms with Crippen molar-refractivity contribution in [3.05, 3.63) is 53.6 Å². The summed E-state index contributed by atoms with van der Waals surface area (Å²) in [6.45, 7) is 0.397. The van der Waals surface area contributed by atoms with Gasteiger partial charge in [0, 0.05) is 18.7 Å². The Kier molecular flexibility index (Phi) is 3.58. The lowest BCUT2D eigenvalue weighted by atomic mass is 10.0. The summed E-state index contributed by atoms with van der Waals surface area (Å²) in [7, 11) is 1.37. The molecule has 0 unspecified atom stereocenters. The Bertz CT molecular complexity index is 529. The number of halogens is 2. The number of ether oxygens (including phenoxy) is 1. The summed E-state index contributed by atoms with van der Waals surface area (Å²) in [6.07, 6.45) is 0. The minimum Gasteiger partial charge on any atom is -0.497 e. The van der Waals surface area contributed by atoms with E-state index >= 15 is 0 Å². The molecule has 0 atom stereocenters. The minimum atomic E-state index is -0.646. The quantitative estimate of drug-likeness (QED) is 0.907.